The third-order valence-electron chi connectivity index (χ3n) is 1.01. The van der Waals surface area contributed by atoms with Crippen molar-refractivity contribution >= 4 is 0 Å². The van der Waals surface area contributed by atoms with E-state index in [1.807, 2.05) is 13.0 Å². The molecule has 0 aromatic carbocycles. The molecule has 0 aliphatic heterocycles. The van der Waals surface area contributed by atoms with Gasteiger partial charge in [-0.3, -0.25) is 0 Å². The molecular weight excluding hydrogens is 108 g/mol. The minimum atomic E-state index is 1.12. The lowest BCUT2D eigenvalue weighted by Gasteiger charge is -1.81. The highest BCUT2D eigenvalue weighted by atomic mass is 13.8. The Kier molecular flexibility index (Phi) is 6.59. The molecule has 0 aliphatic carbocycles. The van der Waals surface area contributed by atoms with Crippen molar-refractivity contribution in [3.63, 3.8) is 0 Å². The zero-order valence-electron chi connectivity index (χ0n) is 6.01. The molecule has 50 valence electrons. The van der Waals surface area contributed by atoms with Crippen molar-refractivity contribution in [2.45, 2.75) is 19.8 Å². The highest BCUT2D eigenvalue weighted by molar-refractivity contribution is 4.97. The molecule has 0 N–H and O–H groups in total. The van der Waals surface area contributed by atoms with Gasteiger partial charge in [0.2, 0.25) is 0 Å². The van der Waals surface area contributed by atoms with E-state index >= 15 is 0 Å². The summed E-state index contributed by atoms with van der Waals surface area (Å²) in [5, 5.41) is 0. The van der Waals surface area contributed by atoms with Crippen LogP contribution in [0.4, 0.5) is 0 Å². The van der Waals surface area contributed by atoms with Crippen LogP contribution in [0.3, 0.4) is 0 Å². The molecule has 0 fully saturated rings. The maximum Gasteiger partial charge on any atom is -0.0313 e. The molecule has 0 saturated carbocycles. The second-order valence-corrected chi connectivity index (χ2v) is 1.81. The predicted molar refractivity (Wildman–Crippen MR) is 43.4 cm³/mol. The maximum absolute atomic E-state index is 3.57. The second-order valence-electron chi connectivity index (χ2n) is 1.81. The van der Waals surface area contributed by atoms with E-state index in [1.165, 1.54) is 0 Å². The molecule has 0 aromatic rings. The fraction of sp³-hybridized carbons (Fsp3) is 0.333. The smallest absolute Gasteiger partial charge is 0.0313 e. The molecule has 0 aliphatic rings. The van der Waals surface area contributed by atoms with Gasteiger partial charge in [0.15, 0.2) is 0 Å². The molecular formula is C9H14. The summed E-state index contributed by atoms with van der Waals surface area (Å²) in [6.45, 7) is 5.61. The van der Waals surface area contributed by atoms with E-state index < -0.39 is 0 Å². The molecule has 0 unspecified atom stereocenters. The largest absolute Gasteiger partial charge is 0.0991 e. The molecule has 0 rings (SSSR count). The minimum absolute atomic E-state index is 1.12. The first-order valence-electron chi connectivity index (χ1n) is 3.30. The fourth-order valence-corrected chi connectivity index (χ4v) is 0.552. The van der Waals surface area contributed by atoms with E-state index in [1.54, 1.807) is 6.08 Å². The first-order valence-corrected chi connectivity index (χ1v) is 3.30. The average molecular weight is 122 g/mol. The summed E-state index contributed by atoms with van der Waals surface area (Å²) >= 11 is 0. The normalized spacial score (nSPS) is 11.2. The highest BCUT2D eigenvalue weighted by Gasteiger charge is 1.71. The Morgan fingerprint density at radius 1 is 1.22 bits per heavy atom. The number of hydrogen-bond acceptors (Lipinski definition) is 0. The van der Waals surface area contributed by atoms with Crippen molar-refractivity contribution in [1.29, 1.82) is 0 Å². The molecule has 0 heterocycles. The van der Waals surface area contributed by atoms with E-state index in [2.05, 4.69) is 24.8 Å². The lowest BCUT2D eigenvalue weighted by atomic mass is 10.3. The minimum Gasteiger partial charge on any atom is -0.0991 e. The SMILES string of the molecule is C=C/C=C\CC/C=C/C. The van der Waals surface area contributed by atoms with Gasteiger partial charge < -0.3 is 0 Å². The zero-order valence-corrected chi connectivity index (χ0v) is 6.01. The molecule has 9 heavy (non-hydrogen) atoms. The number of unbranched alkanes of at least 4 members (excludes halogenated alkanes) is 1. The van der Waals surface area contributed by atoms with Gasteiger partial charge in [0, 0.05) is 0 Å². The summed E-state index contributed by atoms with van der Waals surface area (Å²) in [7, 11) is 0. The zero-order chi connectivity index (χ0) is 6.95. The van der Waals surface area contributed by atoms with Gasteiger partial charge in [-0.15, -0.1) is 0 Å². The number of hydrogen-bond donors (Lipinski definition) is 0. The quantitative estimate of drug-likeness (QED) is 0.305. The highest BCUT2D eigenvalue weighted by Crippen LogP contribution is 1.91. The molecule has 0 saturated heterocycles. The van der Waals surface area contributed by atoms with Gasteiger partial charge >= 0.3 is 0 Å². The van der Waals surface area contributed by atoms with Gasteiger partial charge in [0.1, 0.15) is 0 Å². The first-order chi connectivity index (χ1) is 4.41. The fourth-order valence-electron chi connectivity index (χ4n) is 0.552. The van der Waals surface area contributed by atoms with Crippen LogP contribution in [0.5, 0.6) is 0 Å². The molecule has 0 aromatic heterocycles. The summed E-state index contributed by atoms with van der Waals surface area (Å²) in [6.07, 6.45) is 12.4. The summed E-state index contributed by atoms with van der Waals surface area (Å²) in [5.74, 6) is 0. The van der Waals surface area contributed by atoms with Crippen LogP contribution in [-0.4, -0.2) is 0 Å². The Bertz CT molecular complexity index is 107. The lowest BCUT2D eigenvalue weighted by Crippen LogP contribution is -1.61. The molecule has 0 amide bonds. The second kappa shape index (κ2) is 7.22. The average Bonchev–Trinajstić information content (AvgIpc) is 1.89. The molecule has 0 heteroatoms. The van der Waals surface area contributed by atoms with E-state index in [-0.39, 0.29) is 0 Å². The molecule has 0 radical (unpaired) electrons. The van der Waals surface area contributed by atoms with Gasteiger partial charge in [-0.25, -0.2) is 0 Å². The molecule has 0 bridgehead atoms. The Morgan fingerprint density at radius 3 is 2.44 bits per heavy atom. The van der Waals surface area contributed by atoms with Crippen LogP contribution in [0, 0.1) is 0 Å². The first kappa shape index (κ1) is 8.22. The van der Waals surface area contributed by atoms with Gasteiger partial charge in [0.05, 0.1) is 0 Å². The molecule has 0 nitrogen and oxygen atoms in total. The van der Waals surface area contributed by atoms with Crippen LogP contribution in [0.2, 0.25) is 0 Å². The van der Waals surface area contributed by atoms with Crippen LogP contribution in [0.15, 0.2) is 37.0 Å². The number of allylic oxidation sites excluding steroid dienone is 5. The van der Waals surface area contributed by atoms with E-state index in [4.69, 9.17) is 0 Å². The third-order valence-corrected chi connectivity index (χ3v) is 1.01. The molecule has 0 spiro atoms. The Labute approximate surface area is 57.6 Å². The summed E-state index contributed by atoms with van der Waals surface area (Å²) < 4.78 is 0. The van der Waals surface area contributed by atoms with Crippen LogP contribution < -0.4 is 0 Å². The molecule has 0 atom stereocenters. The third kappa shape index (κ3) is 7.22. The van der Waals surface area contributed by atoms with Crippen molar-refractivity contribution < 1.29 is 0 Å². The maximum atomic E-state index is 3.57. The summed E-state index contributed by atoms with van der Waals surface area (Å²) in [6, 6.07) is 0. The van der Waals surface area contributed by atoms with Crippen molar-refractivity contribution in [2.24, 2.45) is 0 Å². The van der Waals surface area contributed by atoms with Crippen LogP contribution >= 0.6 is 0 Å². The monoisotopic (exact) mass is 122 g/mol. The van der Waals surface area contributed by atoms with Crippen molar-refractivity contribution in [2.75, 3.05) is 0 Å². The van der Waals surface area contributed by atoms with E-state index in [9.17, 15) is 0 Å². The topological polar surface area (TPSA) is 0 Å². The summed E-state index contributed by atoms with van der Waals surface area (Å²) in [5.41, 5.74) is 0. The van der Waals surface area contributed by atoms with Gasteiger partial charge in [-0.2, -0.15) is 0 Å². The Hall–Kier alpha value is -0.780. The van der Waals surface area contributed by atoms with Crippen molar-refractivity contribution in [3.05, 3.63) is 37.0 Å². The van der Waals surface area contributed by atoms with E-state index in [0.29, 0.717) is 0 Å². The Balaban J connectivity index is 3.08. The Morgan fingerprint density at radius 2 is 1.89 bits per heavy atom. The number of rotatable bonds is 4. The van der Waals surface area contributed by atoms with Crippen LogP contribution in [0.25, 0.3) is 0 Å². The van der Waals surface area contributed by atoms with Crippen LogP contribution in [-0.2, 0) is 0 Å². The van der Waals surface area contributed by atoms with Crippen molar-refractivity contribution in [1.82, 2.24) is 0 Å². The van der Waals surface area contributed by atoms with Gasteiger partial charge in [-0.1, -0.05) is 37.0 Å². The van der Waals surface area contributed by atoms with Crippen LogP contribution in [0.1, 0.15) is 19.8 Å². The van der Waals surface area contributed by atoms with Gasteiger partial charge in [-0.05, 0) is 19.8 Å². The summed E-state index contributed by atoms with van der Waals surface area (Å²) in [4.78, 5) is 0. The predicted octanol–water partition coefficient (Wildman–Crippen LogP) is 3.08. The standard InChI is InChI=1S/C9H14/c1-3-5-7-9-8-6-4-2/h3-7H,1,8-9H2,2H3/b6-4+,7-5-. The van der Waals surface area contributed by atoms with E-state index in [0.717, 1.165) is 12.8 Å². The van der Waals surface area contributed by atoms with Gasteiger partial charge in [0.25, 0.3) is 0 Å². The van der Waals surface area contributed by atoms with Crippen molar-refractivity contribution in [3.8, 4) is 0 Å². The lowest BCUT2D eigenvalue weighted by molar-refractivity contribution is 1.05.